The summed E-state index contributed by atoms with van der Waals surface area (Å²) < 4.78 is 0. The number of amides is 1. The van der Waals surface area contributed by atoms with E-state index < -0.39 is 0 Å². The Kier molecular flexibility index (Phi) is 5.30. The minimum atomic E-state index is 0.0807. The number of carbonyl (C=O) groups excluding carboxylic acids is 1. The molecule has 0 saturated carbocycles. The second-order valence-electron chi connectivity index (χ2n) is 2.98. The molecule has 1 aromatic rings. The number of hydrogen-bond donors (Lipinski definition) is 1. The lowest BCUT2D eigenvalue weighted by Crippen LogP contribution is -2.10. The maximum atomic E-state index is 11.4. The predicted molar refractivity (Wildman–Crippen MR) is 61.6 cm³/mol. The number of nitrogens with one attached hydrogen (secondary N) is 1. The van der Waals surface area contributed by atoms with Crippen molar-refractivity contribution >= 4 is 27.5 Å². The topological polar surface area (TPSA) is 29.1 Å². The van der Waals surface area contributed by atoms with Crippen LogP contribution in [0.3, 0.4) is 0 Å². The SMILES string of the molecule is O=C(CCCCBr)Nc1cc[c]cc1. The molecule has 1 radical (unpaired) electrons. The Morgan fingerprint density at radius 2 is 2.07 bits per heavy atom. The molecule has 75 valence electrons. The maximum absolute atomic E-state index is 11.4. The number of halogens is 1. The average Bonchev–Trinajstić information content (AvgIpc) is 2.20. The van der Waals surface area contributed by atoms with Gasteiger partial charge in [0.25, 0.3) is 0 Å². The van der Waals surface area contributed by atoms with E-state index in [-0.39, 0.29) is 5.91 Å². The zero-order valence-electron chi connectivity index (χ0n) is 7.92. The van der Waals surface area contributed by atoms with Gasteiger partial charge in [0.1, 0.15) is 0 Å². The normalized spacial score (nSPS) is 9.79. The Morgan fingerprint density at radius 1 is 1.36 bits per heavy atom. The fraction of sp³-hybridized carbons (Fsp3) is 0.364. The van der Waals surface area contributed by atoms with Crippen molar-refractivity contribution in [2.75, 3.05) is 10.6 Å². The fourth-order valence-corrected chi connectivity index (χ4v) is 1.47. The van der Waals surface area contributed by atoms with Crippen LogP contribution in [0.5, 0.6) is 0 Å². The van der Waals surface area contributed by atoms with E-state index in [1.54, 1.807) is 12.1 Å². The first-order valence-electron chi connectivity index (χ1n) is 4.65. The molecular formula is C11H13BrNO. The molecule has 0 fully saturated rings. The smallest absolute Gasteiger partial charge is 0.224 e. The van der Waals surface area contributed by atoms with E-state index >= 15 is 0 Å². The van der Waals surface area contributed by atoms with Crippen LogP contribution in [-0.4, -0.2) is 11.2 Å². The van der Waals surface area contributed by atoms with E-state index in [0.29, 0.717) is 6.42 Å². The van der Waals surface area contributed by atoms with Crippen LogP contribution in [0.4, 0.5) is 5.69 Å². The van der Waals surface area contributed by atoms with Crippen molar-refractivity contribution in [3.05, 3.63) is 30.3 Å². The summed E-state index contributed by atoms with van der Waals surface area (Å²) in [6.45, 7) is 0. The van der Waals surface area contributed by atoms with Gasteiger partial charge in [0.05, 0.1) is 0 Å². The second kappa shape index (κ2) is 6.60. The number of rotatable bonds is 5. The first kappa shape index (κ1) is 11.2. The molecule has 3 heteroatoms. The molecule has 0 spiro atoms. The molecule has 0 saturated heterocycles. The van der Waals surface area contributed by atoms with Crippen molar-refractivity contribution in [1.29, 1.82) is 0 Å². The van der Waals surface area contributed by atoms with Crippen molar-refractivity contribution in [2.24, 2.45) is 0 Å². The van der Waals surface area contributed by atoms with Crippen molar-refractivity contribution in [3.8, 4) is 0 Å². The molecular weight excluding hydrogens is 242 g/mol. The van der Waals surface area contributed by atoms with Crippen LogP contribution < -0.4 is 5.32 Å². The zero-order chi connectivity index (χ0) is 10.2. The monoisotopic (exact) mass is 254 g/mol. The van der Waals surface area contributed by atoms with E-state index in [1.807, 2.05) is 12.1 Å². The van der Waals surface area contributed by atoms with Crippen LogP contribution in [0.15, 0.2) is 24.3 Å². The third kappa shape index (κ3) is 4.42. The van der Waals surface area contributed by atoms with E-state index in [0.717, 1.165) is 23.9 Å². The molecule has 1 aromatic carbocycles. The highest BCUT2D eigenvalue weighted by Crippen LogP contribution is 2.06. The Labute approximate surface area is 92.8 Å². The zero-order valence-corrected chi connectivity index (χ0v) is 9.51. The van der Waals surface area contributed by atoms with Crippen LogP contribution in [0.2, 0.25) is 0 Å². The lowest BCUT2D eigenvalue weighted by Gasteiger charge is -2.03. The van der Waals surface area contributed by atoms with Crippen molar-refractivity contribution in [2.45, 2.75) is 19.3 Å². The molecule has 0 unspecified atom stereocenters. The molecule has 0 aliphatic rings. The Hall–Kier alpha value is -0.830. The van der Waals surface area contributed by atoms with Gasteiger partial charge in [-0.1, -0.05) is 28.1 Å². The molecule has 14 heavy (non-hydrogen) atoms. The summed E-state index contributed by atoms with van der Waals surface area (Å²) in [6, 6.07) is 10.1. The first-order valence-corrected chi connectivity index (χ1v) is 5.77. The van der Waals surface area contributed by atoms with E-state index in [4.69, 9.17) is 0 Å². The number of carbonyl (C=O) groups is 1. The molecule has 2 nitrogen and oxygen atoms in total. The van der Waals surface area contributed by atoms with Crippen LogP contribution in [0.1, 0.15) is 19.3 Å². The largest absolute Gasteiger partial charge is 0.326 e. The molecule has 1 amide bonds. The van der Waals surface area contributed by atoms with Gasteiger partial charge in [0.15, 0.2) is 0 Å². The fourth-order valence-electron chi connectivity index (χ4n) is 1.07. The molecule has 1 rings (SSSR count). The Morgan fingerprint density at radius 3 is 2.71 bits per heavy atom. The molecule has 0 aliphatic carbocycles. The molecule has 0 heterocycles. The Bertz CT molecular complexity index is 274. The summed E-state index contributed by atoms with van der Waals surface area (Å²) in [5.74, 6) is 0.0807. The van der Waals surface area contributed by atoms with Crippen molar-refractivity contribution < 1.29 is 4.79 Å². The summed E-state index contributed by atoms with van der Waals surface area (Å²) in [7, 11) is 0. The lowest BCUT2D eigenvalue weighted by atomic mass is 10.2. The molecule has 0 aliphatic heterocycles. The summed E-state index contributed by atoms with van der Waals surface area (Å²) in [4.78, 5) is 11.4. The number of benzene rings is 1. The highest BCUT2D eigenvalue weighted by Gasteiger charge is 2.00. The number of anilines is 1. The summed E-state index contributed by atoms with van der Waals surface area (Å²) in [6.07, 6.45) is 2.55. The van der Waals surface area contributed by atoms with E-state index in [2.05, 4.69) is 27.3 Å². The van der Waals surface area contributed by atoms with Gasteiger partial charge in [-0.15, -0.1) is 0 Å². The maximum Gasteiger partial charge on any atom is 0.224 e. The van der Waals surface area contributed by atoms with Crippen molar-refractivity contribution in [3.63, 3.8) is 0 Å². The molecule has 1 N–H and O–H groups in total. The summed E-state index contributed by atoms with van der Waals surface area (Å²) >= 11 is 3.33. The molecule has 0 bridgehead atoms. The predicted octanol–water partition coefficient (Wildman–Crippen LogP) is 2.99. The van der Waals surface area contributed by atoms with E-state index in [1.165, 1.54) is 0 Å². The van der Waals surface area contributed by atoms with Gasteiger partial charge in [-0.3, -0.25) is 4.79 Å². The van der Waals surface area contributed by atoms with E-state index in [9.17, 15) is 4.79 Å². The highest BCUT2D eigenvalue weighted by atomic mass is 79.9. The number of alkyl halides is 1. The quantitative estimate of drug-likeness (QED) is 0.636. The third-order valence-electron chi connectivity index (χ3n) is 1.79. The van der Waals surface area contributed by atoms with Crippen LogP contribution >= 0.6 is 15.9 Å². The summed E-state index contributed by atoms with van der Waals surface area (Å²) in [5, 5.41) is 3.79. The molecule has 0 aromatic heterocycles. The molecule has 0 atom stereocenters. The second-order valence-corrected chi connectivity index (χ2v) is 3.78. The number of unbranched alkanes of at least 4 members (excludes halogenated alkanes) is 1. The Balaban J connectivity index is 2.27. The van der Waals surface area contributed by atoms with Crippen LogP contribution in [0, 0.1) is 6.07 Å². The van der Waals surface area contributed by atoms with Gasteiger partial charge in [0, 0.05) is 17.4 Å². The van der Waals surface area contributed by atoms with Crippen LogP contribution in [-0.2, 0) is 4.79 Å². The lowest BCUT2D eigenvalue weighted by molar-refractivity contribution is -0.116. The van der Waals surface area contributed by atoms with Gasteiger partial charge in [-0.2, -0.15) is 0 Å². The van der Waals surface area contributed by atoms with Gasteiger partial charge >= 0.3 is 0 Å². The minimum absolute atomic E-state index is 0.0807. The third-order valence-corrected chi connectivity index (χ3v) is 2.35. The summed E-state index contributed by atoms with van der Waals surface area (Å²) in [5.41, 5.74) is 0.840. The minimum Gasteiger partial charge on any atom is -0.326 e. The van der Waals surface area contributed by atoms with Crippen molar-refractivity contribution in [1.82, 2.24) is 0 Å². The van der Waals surface area contributed by atoms with Crippen LogP contribution in [0.25, 0.3) is 0 Å². The standard InChI is InChI=1S/C11H13BrNO/c12-9-5-4-8-11(14)13-10-6-2-1-3-7-10/h2-3,6-7H,4-5,8-9H2,(H,13,14). The highest BCUT2D eigenvalue weighted by molar-refractivity contribution is 9.09. The first-order chi connectivity index (χ1) is 6.83. The van der Waals surface area contributed by atoms with Gasteiger partial charge < -0.3 is 5.32 Å². The average molecular weight is 255 g/mol. The van der Waals surface area contributed by atoms with Gasteiger partial charge in [0.2, 0.25) is 5.91 Å². The van der Waals surface area contributed by atoms with Gasteiger partial charge in [-0.05, 0) is 31.0 Å². The van der Waals surface area contributed by atoms with Gasteiger partial charge in [-0.25, -0.2) is 0 Å². The number of hydrogen-bond acceptors (Lipinski definition) is 1.